The molecule has 4 aliphatic rings. The Morgan fingerprint density at radius 2 is 1.88 bits per heavy atom. The van der Waals surface area contributed by atoms with Crippen molar-refractivity contribution in [2.24, 2.45) is 17.8 Å². The second kappa shape index (κ2) is 12.0. The van der Waals surface area contributed by atoms with Crippen molar-refractivity contribution >= 4 is 26.2 Å². The average Bonchev–Trinajstić information content (AvgIpc) is 3.64. The van der Waals surface area contributed by atoms with Gasteiger partial charge in [0.05, 0.1) is 28.6 Å². The highest BCUT2D eigenvalue weighted by atomic mass is 32.2. The van der Waals surface area contributed by atoms with Crippen LogP contribution < -0.4 is 4.90 Å². The van der Waals surface area contributed by atoms with E-state index in [2.05, 4.69) is 36.9 Å². The predicted molar refractivity (Wildman–Crippen MR) is 164 cm³/mol. The molecule has 6 nitrogen and oxygen atoms in total. The first kappa shape index (κ1) is 29.3. The van der Waals surface area contributed by atoms with Crippen LogP contribution in [0.4, 0.5) is 5.69 Å². The Morgan fingerprint density at radius 3 is 2.55 bits per heavy atom. The first-order valence-corrected chi connectivity index (χ1v) is 16.5. The molecule has 0 N–H and O–H groups in total. The first-order chi connectivity index (χ1) is 19.2. The van der Waals surface area contributed by atoms with Crippen molar-refractivity contribution in [2.75, 3.05) is 37.7 Å². The van der Waals surface area contributed by atoms with Gasteiger partial charge in [-0.05, 0) is 100 Å². The molecular weight excluding hydrogens is 520 g/mol. The third-order valence-electron chi connectivity index (χ3n) is 9.02. The van der Waals surface area contributed by atoms with E-state index in [1.165, 1.54) is 5.57 Å². The molecule has 7 heteroatoms. The molecule has 1 amide bonds. The van der Waals surface area contributed by atoms with Crippen LogP contribution >= 0.6 is 0 Å². The zero-order chi connectivity index (χ0) is 28.5. The number of allylic oxidation sites excluding steroid dienone is 5. The normalized spacial score (nSPS) is 25.7. The first-order valence-electron chi connectivity index (χ1n) is 15.0. The van der Waals surface area contributed by atoms with Gasteiger partial charge in [0.1, 0.15) is 0 Å². The summed E-state index contributed by atoms with van der Waals surface area (Å²) in [7, 11) is -2.63. The molecule has 218 valence electrons. The Balaban J connectivity index is 1.40. The van der Waals surface area contributed by atoms with Crippen molar-refractivity contribution in [3.05, 3.63) is 60.2 Å². The Bertz CT molecular complexity index is 1310. The molecular formula is C33H46N2O4S. The van der Waals surface area contributed by atoms with Crippen LogP contribution in [0.2, 0.25) is 0 Å². The summed E-state index contributed by atoms with van der Waals surface area (Å²) in [4.78, 5) is 17.1. The molecule has 3 atom stereocenters. The number of ether oxygens (including phenoxy) is 2. The molecule has 1 aromatic rings. The van der Waals surface area contributed by atoms with Crippen molar-refractivity contribution in [3.63, 3.8) is 0 Å². The van der Waals surface area contributed by atoms with Gasteiger partial charge in [0, 0.05) is 30.1 Å². The zero-order valence-electron chi connectivity index (χ0n) is 24.7. The van der Waals surface area contributed by atoms with Crippen LogP contribution in [-0.2, 0) is 29.8 Å². The van der Waals surface area contributed by atoms with Gasteiger partial charge in [-0.1, -0.05) is 43.4 Å². The summed E-state index contributed by atoms with van der Waals surface area (Å²) in [5.41, 5.74) is 2.94. The zero-order valence-corrected chi connectivity index (χ0v) is 25.5. The highest BCUT2D eigenvalue weighted by molar-refractivity contribution is 8.00. The van der Waals surface area contributed by atoms with Gasteiger partial charge in [-0.3, -0.25) is 4.79 Å². The van der Waals surface area contributed by atoms with Crippen LogP contribution in [0.1, 0.15) is 71.8 Å². The fraction of sp³-hybridized carbons (Fsp3) is 0.576. The molecule has 3 heterocycles. The van der Waals surface area contributed by atoms with Crippen molar-refractivity contribution in [1.29, 1.82) is 0 Å². The van der Waals surface area contributed by atoms with E-state index in [4.69, 9.17) is 9.47 Å². The van der Waals surface area contributed by atoms with Crippen LogP contribution in [0.25, 0.3) is 0 Å². The third kappa shape index (κ3) is 5.50. The van der Waals surface area contributed by atoms with Gasteiger partial charge in [-0.25, -0.2) is 8.51 Å². The number of nitrogens with zero attached hydrogens (tertiary/aromatic N) is 2. The molecule has 1 aliphatic carbocycles. The number of benzene rings is 1. The van der Waals surface area contributed by atoms with Crippen molar-refractivity contribution in [1.82, 2.24) is 4.31 Å². The van der Waals surface area contributed by atoms with Crippen LogP contribution in [0.15, 0.2) is 59.6 Å². The van der Waals surface area contributed by atoms with E-state index in [1.54, 1.807) is 6.08 Å². The topological polar surface area (TPSA) is 59.1 Å². The van der Waals surface area contributed by atoms with Gasteiger partial charge in [-0.2, -0.15) is 0 Å². The molecule has 1 saturated carbocycles. The third-order valence-corrected chi connectivity index (χ3v) is 12.1. The number of hydrogen-bond acceptors (Lipinski definition) is 4. The maximum atomic E-state index is 15.0. The van der Waals surface area contributed by atoms with Crippen molar-refractivity contribution in [3.8, 4) is 0 Å². The van der Waals surface area contributed by atoms with Crippen LogP contribution in [0.5, 0.6) is 0 Å². The largest absolute Gasteiger partial charge is 0.336 e. The van der Waals surface area contributed by atoms with Crippen LogP contribution in [0, 0.1) is 17.8 Å². The molecule has 1 spiro atoms. The molecule has 5 rings (SSSR count). The molecule has 0 aromatic heterocycles. The number of anilines is 1. The molecule has 3 aliphatic heterocycles. The molecule has 3 unspecified atom stereocenters. The number of amides is 1. The summed E-state index contributed by atoms with van der Waals surface area (Å²) in [6.45, 7) is 15.3. The number of carbonyl (C=O) groups excluding carboxylic acids is 1. The van der Waals surface area contributed by atoms with E-state index in [0.29, 0.717) is 37.5 Å². The van der Waals surface area contributed by atoms with Gasteiger partial charge >= 0.3 is 0 Å². The lowest BCUT2D eigenvalue weighted by Gasteiger charge is -2.29. The average molecular weight is 567 g/mol. The minimum absolute atomic E-state index is 0.135. The fourth-order valence-electron chi connectivity index (χ4n) is 6.63. The van der Waals surface area contributed by atoms with Gasteiger partial charge in [0.25, 0.3) is 11.7 Å². The highest BCUT2D eigenvalue weighted by Crippen LogP contribution is 2.48. The Morgan fingerprint density at radius 1 is 1.12 bits per heavy atom. The van der Waals surface area contributed by atoms with E-state index in [0.717, 1.165) is 72.6 Å². The maximum absolute atomic E-state index is 15.0. The molecule has 40 heavy (non-hydrogen) atoms. The lowest BCUT2D eigenvalue weighted by atomic mass is 9.84. The quantitative estimate of drug-likeness (QED) is 0.263. The molecule has 3 fully saturated rings. The molecule has 1 aromatic carbocycles. The highest BCUT2D eigenvalue weighted by Gasteiger charge is 2.57. The molecule has 2 saturated heterocycles. The Hall–Kier alpha value is -2.19. The van der Waals surface area contributed by atoms with Gasteiger partial charge < -0.3 is 14.4 Å². The summed E-state index contributed by atoms with van der Waals surface area (Å²) in [6.07, 6.45) is 14.6. The summed E-state index contributed by atoms with van der Waals surface area (Å²) < 4.78 is 29.3. The summed E-state index contributed by atoms with van der Waals surface area (Å²) in [6, 6.07) is 5.91. The minimum atomic E-state index is -2.63. The fourth-order valence-corrected chi connectivity index (χ4v) is 9.19. The van der Waals surface area contributed by atoms with Crippen LogP contribution in [0.3, 0.4) is 0 Å². The molecule has 0 bridgehead atoms. The number of rotatable bonds is 9. The maximum Gasteiger partial charge on any atom is 0.292 e. The van der Waals surface area contributed by atoms with Crippen molar-refractivity contribution in [2.45, 2.75) is 76.9 Å². The predicted octanol–water partition coefficient (Wildman–Crippen LogP) is 6.23. The van der Waals surface area contributed by atoms with Crippen molar-refractivity contribution < 1.29 is 18.5 Å². The van der Waals surface area contributed by atoms with Gasteiger partial charge in [0.15, 0.2) is 0 Å². The second-order valence-corrected chi connectivity index (χ2v) is 15.1. The summed E-state index contributed by atoms with van der Waals surface area (Å²) in [5, 5.41) is 0. The van der Waals surface area contributed by atoms with E-state index in [-0.39, 0.29) is 5.91 Å². The number of hydrogen-bond donors (Lipinski definition) is 0. The molecule has 0 radical (unpaired) electrons. The second-order valence-electron chi connectivity index (χ2n) is 12.2. The monoisotopic (exact) mass is 566 g/mol. The number of fused-ring (bicyclic) bond motifs is 2. The Labute approximate surface area is 241 Å². The standard InChI is InChI=1S/C33H46N2O4S/c1-6-7-8-10-25(4)21-26(5)28-11-9-17-34(18-16-28)40(37,24(2)3)29-14-15-31-30(22-29)33(38-19-20-39-33)32(36)35(31)23-27-12-13-27/h6-8,10,14-15,22,26-28H,1,9,11-13,16-21,23H2,2-5H3. The van der Waals surface area contributed by atoms with E-state index < -0.39 is 15.5 Å². The smallest absolute Gasteiger partial charge is 0.292 e. The van der Waals surface area contributed by atoms with Gasteiger partial charge in [-0.15, -0.1) is 0 Å². The number of carbonyl (C=O) groups is 1. The van der Waals surface area contributed by atoms with Crippen LogP contribution in [-0.4, -0.2) is 52.1 Å². The SMILES string of the molecule is C=CC=CC=C(C)CC(C)C1CCCN(S(=O)(=C(C)C)c2ccc3c(c2)C2(OCCO2)C(=O)N3CC2CC2)CC1. The van der Waals surface area contributed by atoms with E-state index in [1.807, 2.05) is 43.0 Å². The lowest BCUT2D eigenvalue weighted by molar-refractivity contribution is -0.180. The lowest BCUT2D eigenvalue weighted by Crippen LogP contribution is -2.42. The summed E-state index contributed by atoms with van der Waals surface area (Å²) >= 11 is 0. The van der Waals surface area contributed by atoms with Gasteiger partial charge in [0.2, 0.25) is 0 Å². The minimum Gasteiger partial charge on any atom is -0.336 e. The van der Waals surface area contributed by atoms with E-state index in [9.17, 15) is 4.79 Å². The summed E-state index contributed by atoms with van der Waals surface area (Å²) in [5.74, 6) is 0.168. The Kier molecular flexibility index (Phi) is 8.77. The van der Waals surface area contributed by atoms with E-state index >= 15 is 4.21 Å².